The number of nitriles is 1. The lowest BCUT2D eigenvalue weighted by molar-refractivity contribution is 0.113. The molecule has 0 aromatic carbocycles. The van der Waals surface area contributed by atoms with E-state index in [1.54, 1.807) is 11.7 Å². The van der Waals surface area contributed by atoms with Gasteiger partial charge in [-0.25, -0.2) is 4.39 Å². The highest BCUT2D eigenvalue weighted by Gasteiger charge is 2.34. The number of piperidine rings is 1. The molecule has 1 aromatic heterocycles. The Bertz CT molecular complexity index is 462. The van der Waals surface area contributed by atoms with Crippen molar-refractivity contribution in [3.05, 3.63) is 15.9 Å². The van der Waals surface area contributed by atoms with Gasteiger partial charge in [0.2, 0.25) is 0 Å². The zero-order valence-electron chi connectivity index (χ0n) is 10.0. The van der Waals surface area contributed by atoms with Gasteiger partial charge in [0.15, 0.2) is 5.69 Å². The number of alkyl halides is 1. The second kappa shape index (κ2) is 6.00. The molecule has 4 nitrogen and oxygen atoms in total. The highest BCUT2D eigenvalue weighted by molar-refractivity contribution is 9.10. The first kappa shape index (κ1) is 15.4. The summed E-state index contributed by atoms with van der Waals surface area (Å²) in [5.74, 6) is 0. The van der Waals surface area contributed by atoms with Crippen molar-refractivity contribution in [3.63, 3.8) is 0 Å². The van der Waals surface area contributed by atoms with Crippen LogP contribution < -0.4 is 5.32 Å². The van der Waals surface area contributed by atoms with Gasteiger partial charge in [-0.15, -0.1) is 12.4 Å². The van der Waals surface area contributed by atoms with E-state index in [4.69, 9.17) is 5.26 Å². The monoisotopic (exact) mass is 336 g/mol. The SMILES string of the molecule is Cl.Cn1nc(C#N)c(Br)c1CC1(F)CCNCC1. The fourth-order valence-corrected chi connectivity index (χ4v) is 2.71. The van der Waals surface area contributed by atoms with Crippen LogP contribution in [0.2, 0.25) is 0 Å². The summed E-state index contributed by atoms with van der Waals surface area (Å²) >= 11 is 3.33. The minimum Gasteiger partial charge on any atom is -0.316 e. The van der Waals surface area contributed by atoms with Crippen LogP contribution in [0.3, 0.4) is 0 Å². The third kappa shape index (κ3) is 3.02. The quantitative estimate of drug-likeness (QED) is 0.899. The number of nitrogens with zero attached hydrogens (tertiary/aromatic N) is 3. The molecule has 1 N–H and O–H groups in total. The molecule has 1 saturated heterocycles. The first-order chi connectivity index (χ1) is 8.06. The van der Waals surface area contributed by atoms with Gasteiger partial charge in [-0.1, -0.05) is 0 Å². The molecule has 1 aliphatic rings. The van der Waals surface area contributed by atoms with Crippen molar-refractivity contribution < 1.29 is 4.39 Å². The zero-order chi connectivity index (χ0) is 12.5. The molecule has 0 unspecified atom stereocenters. The highest BCUT2D eigenvalue weighted by Crippen LogP contribution is 2.31. The summed E-state index contributed by atoms with van der Waals surface area (Å²) in [6.07, 6.45) is 1.32. The molecule has 0 bridgehead atoms. The van der Waals surface area contributed by atoms with Gasteiger partial charge in [0.1, 0.15) is 11.7 Å². The molecule has 1 aliphatic heterocycles. The van der Waals surface area contributed by atoms with Crippen LogP contribution in [-0.4, -0.2) is 28.5 Å². The number of aryl methyl sites for hydroxylation is 1. The molecule has 7 heteroatoms. The van der Waals surface area contributed by atoms with Crippen LogP contribution in [0.1, 0.15) is 24.2 Å². The predicted molar refractivity (Wildman–Crippen MR) is 72.5 cm³/mol. The molecule has 0 amide bonds. The Morgan fingerprint density at radius 3 is 2.67 bits per heavy atom. The molecule has 0 aliphatic carbocycles. The smallest absolute Gasteiger partial charge is 0.176 e. The molecule has 2 rings (SSSR count). The van der Waals surface area contributed by atoms with E-state index in [0.717, 1.165) is 5.69 Å². The standard InChI is InChI=1S/C11H14BrFN4.ClH/c1-17-9(10(12)8(7-14)16-17)6-11(13)2-4-15-5-3-11;/h15H,2-6H2,1H3;1H. The molecular weight excluding hydrogens is 323 g/mol. The Kier molecular flexibility index (Phi) is 5.14. The van der Waals surface area contributed by atoms with E-state index in [9.17, 15) is 4.39 Å². The normalized spacial score (nSPS) is 17.9. The van der Waals surface area contributed by atoms with Crippen molar-refractivity contribution in [2.24, 2.45) is 7.05 Å². The van der Waals surface area contributed by atoms with Crippen LogP contribution in [0, 0.1) is 11.3 Å². The number of hydrogen-bond donors (Lipinski definition) is 1. The summed E-state index contributed by atoms with van der Waals surface area (Å²) in [5, 5.41) is 16.1. The van der Waals surface area contributed by atoms with E-state index in [2.05, 4.69) is 26.3 Å². The van der Waals surface area contributed by atoms with Gasteiger partial charge < -0.3 is 5.32 Å². The van der Waals surface area contributed by atoms with Crippen LogP contribution in [0.15, 0.2) is 4.47 Å². The summed E-state index contributed by atoms with van der Waals surface area (Å²) in [5.41, 5.74) is -0.111. The number of aromatic nitrogens is 2. The van der Waals surface area contributed by atoms with Crippen molar-refractivity contribution in [3.8, 4) is 6.07 Å². The van der Waals surface area contributed by atoms with Crippen molar-refractivity contribution in [1.29, 1.82) is 5.26 Å². The van der Waals surface area contributed by atoms with Crippen LogP contribution in [0.25, 0.3) is 0 Å². The van der Waals surface area contributed by atoms with Gasteiger partial charge in [0.25, 0.3) is 0 Å². The van der Waals surface area contributed by atoms with Gasteiger partial charge >= 0.3 is 0 Å². The maximum atomic E-state index is 14.5. The number of hydrogen-bond acceptors (Lipinski definition) is 3. The average Bonchev–Trinajstić information content (AvgIpc) is 2.57. The lowest BCUT2D eigenvalue weighted by Crippen LogP contribution is -2.40. The second-order valence-corrected chi connectivity index (χ2v) is 5.22. The summed E-state index contributed by atoms with van der Waals surface area (Å²) in [7, 11) is 1.74. The van der Waals surface area contributed by atoms with Crippen LogP contribution in [0.5, 0.6) is 0 Å². The molecule has 0 atom stereocenters. The molecule has 1 aromatic rings. The van der Waals surface area contributed by atoms with E-state index in [1.807, 2.05) is 6.07 Å². The summed E-state index contributed by atoms with van der Waals surface area (Å²) in [4.78, 5) is 0. The predicted octanol–water partition coefficient (Wildman–Crippen LogP) is 2.11. The van der Waals surface area contributed by atoms with E-state index < -0.39 is 5.67 Å². The molecule has 0 radical (unpaired) electrons. The third-order valence-electron chi connectivity index (χ3n) is 3.19. The third-order valence-corrected chi connectivity index (χ3v) is 4.02. The topological polar surface area (TPSA) is 53.6 Å². The summed E-state index contributed by atoms with van der Waals surface area (Å²) in [6, 6.07) is 1.99. The molecule has 18 heavy (non-hydrogen) atoms. The zero-order valence-corrected chi connectivity index (χ0v) is 12.4. The van der Waals surface area contributed by atoms with Gasteiger partial charge in [0.05, 0.1) is 10.2 Å². The Labute approximate surface area is 120 Å². The molecule has 100 valence electrons. The fraction of sp³-hybridized carbons (Fsp3) is 0.636. The van der Waals surface area contributed by atoms with E-state index in [-0.39, 0.29) is 12.4 Å². The highest BCUT2D eigenvalue weighted by atomic mass is 79.9. The molecule has 2 heterocycles. The fourth-order valence-electron chi connectivity index (χ4n) is 2.15. The van der Waals surface area contributed by atoms with Crippen molar-refractivity contribution in [1.82, 2.24) is 15.1 Å². The Morgan fingerprint density at radius 1 is 1.56 bits per heavy atom. The maximum absolute atomic E-state index is 14.5. The van der Waals surface area contributed by atoms with E-state index in [0.29, 0.717) is 42.5 Å². The Balaban J connectivity index is 0.00000162. The largest absolute Gasteiger partial charge is 0.316 e. The van der Waals surface area contributed by atoms with Crippen molar-refractivity contribution >= 4 is 28.3 Å². The first-order valence-corrected chi connectivity index (χ1v) is 6.36. The van der Waals surface area contributed by atoms with Crippen molar-refractivity contribution in [2.45, 2.75) is 24.9 Å². The van der Waals surface area contributed by atoms with Gasteiger partial charge in [-0.05, 0) is 41.9 Å². The minimum absolute atomic E-state index is 0. The van der Waals surface area contributed by atoms with E-state index >= 15 is 0 Å². The van der Waals surface area contributed by atoms with Crippen LogP contribution in [-0.2, 0) is 13.5 Å². The van der Waals surface area contributed by atoms with Crippen molar-refractivity contribution in [2.75, 3.05) is 13.1 Å². The van der Waals surface area contributed by atoms with Gasteiger partial charge in [0, 0.05) is 13.5 Å². The minimum atomic E-state index is -1.19. The summed E-state index contributed by atoms with van der Waals surface area (Å²) < 4.78 is 16.8. The lowest BCUT2D eigenvalue weighted by Gasteiger charge is -2.30. The molecular formula is C11H15BrClFN4. The second-order valence-electron chi connectivity index (χ2n) is 4.42. The molecule has 0 saturated carbocycles. The maximum Gasteiger partial charge on any atom is 0.176 e. The first-order valence-electron chi connectivity index (χ1n) is 5.57. The Hall–Kier alpha value is -0.640. The lowest BCUT2D eigenvalue weighted by atomic mass is 9.89. The number of halogens is 3. The molecule has 0 spiro atoms. The van der Waals surface area contributed by atoms with Crippen LogP contribution in [0.4, 0.5) is 4.39 Å². The van der Waals surface area contributed by atoms with E-state index in [1.165, 1.54) is 0 Å². The Morgan fingerprint density at radius 2 is 2.17 bits per heavy atom. The van der Waals surface area contributed by atoms with Gasteiger partial charge in [-0.3, -0.25) is 4.68 Å². The molecule has 1 fully saturated rings. The summed E-state index contributed by atoms with van der Waals surface area (Å²) in [6.45, 7) is 1.41. The number of nitrogens with one attached hydrogen (secondary N) is 1. The van der Waals surface area contributed by atoms with Gasteiger partial charge in [-0.2, -0.15) is 10.4 Å². The number of rotatable bonds is 2. The van der Waals surface area contributed by atoms with Crippen LogP contribution >= 0.6 is 28.3 Å². The average molecular weight is 338 g/mol.